The van der Waals surface area contributed by atoms with Gasteiger partial charge in [-0.3, -0.25) is 4.99 Å². The van der Waals surface area contributed by atoms with Crippen molar-refractivity contribution in [2.45, 2.75) is 59.9 Å². The van der Waals surface area contributed by atoms with Gasteiger partial charge >= 0.3 is 0 Å². The minimum atomic E-state index is 0.409. The van der Waals surface area contributed by atoms with Crippen LogP contribution in [0.1, 0.15) is 51.8 Å². The van der Waals surface area contributed by atoms with Gasteiger partial charge in [0.15, 0.2) is 5.96 Å². The molecule has 0 bridgehead atoms. The Morgan fingerprint density at radius 3 is 2.75 bits per heavy atom. The van der Waals surface area contributed by atoms with Crippen molar-refractivity contribution in [1.82, 2.24) is 24.9 Å². The lowest BCUT2D eigenvalue weighted by Crippen LogP contribution is -2.42. The summed E-state index contributed by atoms with van der Waals surface area (Å²) in [5.74, 6) is 0.901. The van der Waals surface area contributed by atoms with E-state index in [0.717, 1.165) is 56.3 Å². The van der Waals surface area contributed by atoms with E-state index < -0.39 is 0 Å². The van der Waals surface area contributed by atoms with Crippen LogP contribution < -0.4 is 10.6 Å². The third-order valence-electron chi connectivity index (χ3n) is 5.10. The van der Waals surface area contributed by atoms with Crippen LogP contribution in [0.15, 0.2) is 29.5 Å². The molecule has 6 nitrogen and oxygen atoms in total. The molecule has 2 heterocycles. The number of imidazole rings is 1. The van der Waals surface area contributed by atoms with E-state index in [0.29, 0.717) is 6.04 Å². The van der Waals surface area contributed by atoms with Gasteiger partial charge in [-0.2, -0.15) is 0 Å². The van der Waals surface area contributed by atoms with Crippen molar-refractivity contribution < 1.29 is 0 Å². The number of fused-ring (bicyclic) bond motifs is 1. The van der Waals surface area contributed by atoms with Gasteiger partial charge in [-0.05, 0) is 64.9 Å². The molecule has 0 aliphatic rings. The Labute approximate surface area is 170 Å². The van der Waals surface area contributed by atoms with Crippen LogP contribution in [0.2, 0.25) is 0 Å². The number of rotatable bonds is 11. The molecule has 0 aliphatic carbocycles. The molecule has 1 atom stereocenters. The first-order valence-corrected chi connectivity index (χ1v) is 10.8. The first-order valence-electron chi connectivity index (χ1n) is 10.8. The second kappa shape index (κ2) is 11.7. The maximum Gasteiger partial charge on any atom is 0.191 e. The SMILES string of the molecule is CCNC(=NCCc1cn2cccc(C)c2n1)NC(C)CCCN(CC)CC. The largest absolute Gasteiger partial charge is 0.357 e. The van der Waals surface area contributed by atoms with Gasteiger partial charge in [0, 0.05) is 37.9 Å². The normalized spacial score (nSPS) is 13.3. The lowest BCUT2D eigenvalue weighted by Gasteiger charge is -2.21. The van der Waals surface area contributed by atoms with Gasteiger partial charge in [0.2, 0.25) is 0 Å². The second-order valence-corrected chi connectivity index (χ2v) is 7.38. The third kappa shape index (κ3) is 6.82. The van der Waals surface area contributed by atoms with E-state index in [1.165, 1.54) is 18.5 Å². The Hall–Kier alpha value is -2.08. The highest BCUT2D eigenvalue weighted by molar-refractivity contribution is 5.80. The summed E-state index contributed by atoms with van der Waals surface area (Å²) in [6, 6.07) is 4.56. The van der Waals surface area contributed by atoms with E-state index >= 15 is 0 Å². The van der Waals surface area contributed by atoms with Gasteiger partial charge in [-0.25, -0.2) is 4.98 Å². The lowest BCUT2D eigenvalue weighted by molar-refractivity contribution is 0.292. The third-order valence-corrected chi connectivity index (χ3v) is 5.10. The Balaban J connectivity index is 1.84. The molecule has 0 fully saturated rings. The molecule has 2 N–H and O–H groups in total. The maximum absolute atomic E-state index is 4.75. The Bertz CT molecular complexity index is 732. The number of nitrogens with zero attached hydrogens (tertiary/aromatic N) is 4. The second-order valence-electron chi connectivity index (χ2n) is 7.38. The van der Waals surface area contributed by atoms with Gasteiger partial charge in [0.05, 0.1) is 5.69 Å². The zero-order valence-electron chi connectivity index (χ0n) is 18.3. The zero-order chi connectivity index (χ0) is 20.4. The monoisotopic (exact) mass is 386 g/mol. The van der Waals surface area contributed by atoms with Crippen molar-refractivity contribution in [1.29, 1.82) is 0 Å². The molecule has 28 heavy (non-hydrogen) atoms. The van der Waals surface area contributed by atoms with Crippen molar-refractivity contribution >= 4 is 11.6 Å². The van der Waals surface area contributed by atoms with Crippen LogP contribution in [0.4, 0.5) is 0 Å². The molecule has 2 aromatic rings. The highest BCUT2D eigenvalue weighted by Gasteiger charge is 2.07. The molecule has 0 aliphatic heterocycles. The van der Waals surface area contributed by atoms with E-state index in [9.17, 15) is 0 Å². The average Bonchev–Trinajstić information content (AvgIpc) is 3.10. The number of pyridine rings is 1. The summed E-state index contributed by atoms with van der Waals surface area (Å²) in [7, 11) is 0. The number of hydrogen-bond donors (Lipinski definition) is 2. The summed E-state index contributed by atoms with van der Waals surface area (Å²) in [6.45, 7) is 15.9. The summed E-state index contributed by atoms with van der Waals surface area (Å²) in [6.07, 6.45) is 7.35. The summed E-state index contributed by atoms with van der Waals surface area (Å²) >= 11 is 0. The first-order chi connectivity index (χ1) is 13.6. The standard InChI is InChI=1S/C22H38N6/c1-6-23-22(25-19(5)12-10-15-27(7-2)8-3)24-14-13-20-17-28-16-9-11-18(4)21(28)26-20/h9,11,16-17,19H,6-8,10,12-15H2,1-5H3,(H2,23,24,25). The quantitative estimate of drug-likeness (QED) is 0.460. The zero-order valence-corrected chi connectivity index (χ0v) is 18.3. The Morgan fingerprint density at radius 2 is 2.07 bits per heavy atom. The molecular weight excluding hydrogens is 348 g/mol. The summed E-state index contributed by atoms with van der Waals surface area (Å²) in [5.41, 5.74) is 3.32. The minimum Gasteiger partial charge on any atom is -0.357 e. The highest BCUT2D eigenvalue weighted by Crippen LogP contribution is 2.10. The minimum absolute atomic E-state index is 0.409. The maximum atomic E-state index is 4.75. The molecule has 2 rings (SSSR count). The molecule has 0 amide bonds. The lowest BCUT2D eigenvalue weighted by atomic mass is 10.2. The molecule has 156 valence electrons. The van der Waals surface area contributed by atoms with E-state index in [-0.39, 0.29) is 0 Å². The summed E-state index contributed by atoms with van der Waals surface area (Å²) in [5, 5.41) is 6.90. The number of aliphatic imine (C=N–C) groups is 1. The molecule has 0 saturated carbocycles. The summed E-state index contributed by atoms with van der Waals surface area (Å²) < 4.78 is 2.09. The fourth-order valence-electron chi connectivity index (χ4n) is 3.39. The van der Waals surface area contributed by atoms with Gasteiger partial charge in [-0.1, -0.05) is 19.9 Å². The van der Waals surface area contributed by atoms with Crippen molar-refractivity contribution in [2.75, 3.05) is 32.7 Å². The van der Waals surface area contributed by atoms with Gasteiger partial charge in [-0.15, -0.1) is 0 Å². The fraction of sp³-hybridized carbons (Fsp3) is 0.636. The smallest absolute Gasteiger partial charge is 0.191 e. The van der Waals surface area contributed by atoms with Crippen LogP contribution in [-0.4, -0.2) is 59.0 Å². The van der Waals surface area contributed by atoms with Crippen LogP contribution in [-0.2, 0) is 6.42 Å². The molecule has 1 unspecified atom stereocenters. The summed E-state index contributed by atoms with van der Waals surface area (Å²) in [4.78, 5) is 12.0. The number of aryl methyl sites for hydroxylation is 1. The van der Waals surface area contributed by atoms with Crippen LogP contribution >= 0.6 is 0 Å². The van der Waals surface area contributed by atoms with Crippen LogP contribution in [0.5, 0.6) is 0 Å². The van der Waals surface area contributed by atoms with E-state index in [4.69, 9.17) is 9.98 Å². The number of hydrogen-bond acceptors (Lipinski definition) is 3. The van der Waals surface area contributed by atoms with Crippen molar-refractivity contribution in [3.05, 3.63) is 35.8 Å². The number of nitrogens with one attached hydrogen (secondary N) is 2. The van der Waals surface area contributed by atoms with Crippen molar-refractivity contribution in [2.24, 2.45) is 4.99 Å². The molecule has 0 radical (unpaired) electrons. The molecule has 0 aromatic carbocycles. The number of aromatic nitrogens is 2. The molecule has 0 spiro atoms. The highest BCUT2D eigenvalue weighted by atomic mass is 15.2. The molecule has 2 aromatic heterocycles. The first kappa shape index (κ1) is 22.2. The van der Waals surface area contributed by atoms with Gasteiger partial charge in [0.1, 0.15) is 5.65 Å². The Kier molecular flexibility index (Phi) is 9.28. The fourth-order valence-corrected chi connectivity index (χ4v) is 3.39. The van der Waals surface area contributed by atoms with Gasteiger partial charge in [0.25, 0.3) is 0 Å². The van der Waals surface area contributed by atoms with Crippen LogP contribution in [0.3, 0.4) is 0 Å². The van der Waals surface area contributed by atoms with Crippen LogP contribution in [0.25, 0.3) is 5.65 Å². The predicted octanol–water partition coefficient (Wildman–Crippen LogP) is 3.25. The topological polar surface area (TPSA) is 57.0 Å². The van der Waals surface area contributed by atoms with Crippen molar-refractivity contribution in [3.8, 4) is 0 Å². The number of guanidine groups is 1. The molecule has 0 saturated heterocycles. The van der Waals surface area contributed by atoms with E-state index in [1.807, 2.05) is 6.20 Å². The molecule has 6 heteroatoms. The van der Waals surface area contributed by atoms with E-state index in [2.05, 4.69) is 72.9 Å². The average molecular weight is 387 g/mol. The predicted molar refractivity (Wildman–Crippen MR) is 119 cm³/mol. The molecular formula is C22H38N6. The van der Waals surface area contributed by atoms with E-state index in [1.54, 1.807) is 0 Å². The Morgan fingerprint density at radius 1 is 1.29 bits per heavy atom. The van der Waals surface area contributed by atoms with Crippen molar-refractivity contribution in [3.63, 3.8) is 0 Å². The van der Waals surface area contributed by atoms with Gasteiger partial charge < -0.3 is 19.9 Å². The van der Waals surface area contributed by atoms with Crippen LogP contribution in [0, 0.1) is 6.92 Å².